The molecule has 0 bridgehead atoms. The molecule has 0 spiro atoms. The molecule has 0 saturated heterocycles. The molecule has 3 N–H and O–H groups in total. The summed E-state index contributed by atoms with van der Waals surface area (Å²) in [4.78, 5) is 17.9. The number of carbonyl (C=O) groups excluding carboxylic acids is 1. The number of nitrogens with one attached hydrogen (secondary N) is 1. The number of aromatic nitrogens is 1. The average Bonchev–Trinajstić information content (AvgIpc) is 3.06. The van der Waals surface area contributed by atoms with Crippen LogP contribution >= 0.6 is 0 Å². The topological polar surface area (TPSA) is 71.2 Å². The van der Waals surface area contributed by atoms with Crippen molar-refractivity contribution >= 4 is 11.7 Å². The van der Waals surface area contributed by atoms with Crippen LogP contribution in [0.5, 0.6) is 0 Å². The van der Waals surface area contributed by atoms with E-state index >= 15 is 0 Å². The van der Waals surface area contributed by atoms with Gasteiger partial charge in [0.05, 0.1) is 5.54 Å². The molecule has 1 amide bonds. The number of hydrogen-bond acceptors (Lipinski definition) is 4. The van der Waals surface area contributed by atoms with E-state index in [2.05, 4.69) is 10.3 Å². The summed E-state index contributed by atoms with van der Waals surface area (Å²) in [6, 6.07) is 3.82. The molecule has 0 aliphatic heterocycles. The summed E-state index contributed by atoms with van der Waals surface area (Å²) in [6.45, 7) is 0.471. The predicted molar refractivity (Wildman–Crippen MR) is 66.6 cm³/mol. The van der Waals surface area contributed by atoms with Gasteiger partial charge in [0, 0.05) is 32.4 Å². The lowest BCUT2D eigenvalue weighted by Crippen LogP contribution is -2.42. The third kappa shape index (κ3) is 2.55. The summed E-state index contributed by atoms with van der Waals surface area (Å²) in [5.74, 6) is 0.806. The van der Waals surface area contributed by atoms with E-state index in [0.29, 0.717) is 6.54 Å². The first-order valence-electron chi connectivity index (χ1n) is 5.71. The standard InChI is InChI=1S/C12H18N4O/c1-16(2)10-9(4-3-7-14-10)8-15-11(17)12(13)5-6-12/h3-4,7H,5-6,8,13H2,1-2H3,(H,15,17). The number of hydrogen-bond donors (Lipinski definition) is 2. The number of carbonyl (C=O) groups is 1. The Bertz CT molecular complexity index is 426. The van der Waals surface area contributed by atoms with Crippen molar-refractivity contribution in [3.63, 3.8) is 0 Å². The Balaban J connectivity index is 2.01. The number of amides is 1. The lowest BCUT2D eigenvalue weighted by Gasteiger charge is -2.17. The third-order valence-electron chi connectivity index (χ3n) is 2.97. The number of pyridine rings is 1. The normalized spacial score (nSPS) is 16.4. The van der Waals surface area contributed by atoms with E-state index in [1.54, 1.807) is 6.20 Å². The first-order chi connectivity index (χ1) is 8.03. The molecule has 2 rings (SSSR count). The van der Waals surface area contributed by atoms with Gasteiger partial charge in [0.15, 0.2) is 0 Å². The van der Waals surface area contributed by atoms with Gasteiger partial charge in [0.2, 0.25) is 5.91 Å². The average molecular weight is 234 g/mol. The summed E-state index contributed by atoms with van der Waals surface area (Å²) < 4.78 is 0. The third-order valence-corrected chi connectivity index (χ3v) is 2.97. The molecule has 1 aromatic heterocycles. The Labute approximate surface area is 101 Å². The molecule has 1 fully saturated rings. The van der Waals surface area contributed by atoms with E-state index in [-0.39, 0.29) is 5.91 Å². The summed E-state index contributed by atoms with van der Waals surface area (Å²) in [7, 11) is 3.86. The first-order valence-corrected chi connectivity index (χ1v) is 5.71. The van der Waals surface area contributed by atoms with Crippen LogP contribution in [0.4, 0.5) is 5.82 Å². The lowest BCUT2D eigenvalue weighted by atomic mass is 10.2. The number of nitrogens with two attached hydrogens (primary N) is 1. The lowest BCUT2D eigenvalue weighted by molar-refractivity contribution is -0.123. The van der Waals surface area contributed by atoms with Gasteiger partial charge >= 0.3 is 0 Å². The zero-order valence-corrected chi connectivity index (χ0v) is 10.2. The van der Waals surface area contributed by atoms with Gasteiger partial charge in [-0.2, -0.15) is 0 Å². The highest BCUT2D eigenvalue weighted by Crippen LogP contribution is 2.32. The maximum atomic E-state index is 11.7. The molecule has 0 radical (unpaired) electrons. The van der Waals surface area contributed by atoms with Gasteiger partial charge in [-0.05, 0) is 18.9 Å². The quantitative estimate of drug-likeness (QED) is 0.783. The molecule has 1 aliphatic rings. The minimum Gasteiger partial charge on any atom is -0.362 e. The second kappa shape index (κ2) is 4.33. The fourth-order valence-electron chi connectivity index (χ4n) is 1.68. The molecule has 1 aromatic rings. The summed E-state index contributed by atoms with van der Waals surface area (Å²) >= 11 is 0. The number of anilines is 1. The highest BCUT2D eigenvalue weighted by Gasteiger charge is 2.45. The highest BCUT2D eigenvalue weighted by molar-refractivity contribution is 5.89. The maximum absolute atomic E-state index is 11.7. The van der Waals surface area contributed by atoms with Gasteiger partial charge in [-0.15, -0.1) is 0 Å². The van der Waals surface area contributed by atoms with Crippen molar-refractivity contribution in [1.29, 1.82) is 0 Å². The summed E-state index contributed by atoms with van der Waals surface area (Å²) in [5, 5.41) is 2.87. The summed E-state index contributed by atoms with van der Waals surface area (Å²) in [6.07, 6.45) is 3.31. The van der Waals surface area contributed by atoms with Crippen LogP contribution in [0.2, 0.25) is 0 Å². The number of rotatable bonds is 4. The van der Waals surface area contributed by atoms with Crippen molar-refractivity contribution in [3.8, 4) is 0 Å². The molecule has 5 nitrogen and oxygen atoms in total. The molecular weight excluding hydrogens is 216 g/mol. The van der Waals surface area contributed by atoms with Crippen LogP contribution in [0.3, 0.4) is 0 Å². The van der Waals surface area contributed by atoms with Crippen molar-refractivity contribution in [2.45, 2.75) is 24.9 Å². The minimum absolute atomic E-state index is 0.0638. The van der Waals surface area contributed by atoms with Crippen molar-refractivity contribution in [1.82, 2.24) is 10.3 Å². The Morgan fingerprint density at radius 1 is 1.59 bits per heavy atom. The fourth-order valence-corrected chi connectivity index (χ4v) is 1.68. The minimum atomic E-state index is -0.611. The van der Waals surface area contributed by atoms with Crippen LogP contribution in [0.25, 0.3) is 0 Å². The van der Waals surface area contributed by atoms with Crippen molar-refractivity contribution in [2.75, 3.05) is 19.0 Å². The van der Waals surface area contributed by atoms with Gasteiger partial charge in [-0.1, -0.05) is 6.07 Å². The molecule has 1 aliphatic carbocycles. The van der Waals surface area contributed by atoms with Crippen LogP contribution in [-0.4, -0.2) is 30.5 Å². The zero-order chi connectivity index (χ0) is 12.5. The van der Waals surface area contributed by atoms with Crippen LogP contribution in [0, 0.1) is 0 Å². The van der Waals surface area contributed by atoms with Crippen molar-refractivity contribution in [2.24, 2.45) is 5.73 Å². The second-order valence-corrected chi connectivity index (χ2v) is 4.72. The number of nitrogens with zero attached hydrogens (tertiary/aromatic N) is 2. The van der Waals surface area contributed by atoms with Gasteiger partial charge in [0.1, 0.15) is 5.82 Å². The molecule has 1 heterocycles. The fraction of sp³-hybridized carbons (Fsp3) is 0.500. The van der Waals surface area contributed by atoms with E-state index in [0.717, 1.165) is 24.2 Å². The van der Waals surface area contributed by atoms with Gasteiger partial charge in [0.25, 0.3) is 0 Å². The largest absolute Gasteiger partial charge is 0.362 e. The highest BCUT2D eigenvalue weighted by atomic mass is 16.2. The van der Waals surface area contributed by atoms with Gasteiger partial charge in [-0.3, -0.25) is 4.79 Å². The van der Waals surface area contributed by atoms with E-state index in [9.17, 15) is 4.79 Å². The van der Waals surface area contributed by atoms with E-state index in [1.165, 1.54) is 0 Å². The maximum Gasteiger partial charge on any atom is 0.240 e. The van der Waals surface area contributed by atoms with Crippen LogP contribution in [-0.2, 0) is 11.3 Å². The van der Waals surface area contributed by atoms with Crippen LogP contribution in [0.1, 0.15) is 18.4 Å². The summed E-state index contributed by atoms with van der Waals surface area (Å²) in [5.41, 5.74) is 6.20. The van der Waals surface area contributed by atoms with Crippen molar-refractivity contribution < 1.29 is 4.79 Å². The molecule has 5 heteroatoms. The monoisotopic (exact) mass is 234 g/mol. The molecule has 1 saturated carbocycles. The molecule has 0 aromatic carbocycles. The molecular formula is C12H18N4O. The van der Waals surface area contributed by atoms with E-state index in [4.69, 9.17) is 5.73 Å². The van der Waals surface area contributed by atoms with E-state index in [1.807, 2.05) is 31.1 Å². The van der Waals surface area contributed by atoms with E-state index < -0.39 is 5.54 Å². The Morgan fingerprint density at radius 2 is 2.29 bits per heavy atom. The Morgan fingerprint density at radius 3 is 2.88 bits per heavy atom. The van der Waals surface area contributed by atoms with Gasteiger partial charge < -0.3 is 16.0 Å². The SMILES string of the molecule is CN(C)c1ncccc1CNC(=O)C1(N)CC1. The Kier molecular flexibility index (Phi) is 3.02. The molecule has 92 valence electrons. The molecule has 17 heavy (non-hydrogen) atoms. The second-order valence-electron chi connectivity index (χ2n) is 4.72. The van der Waals surface area contributed by atoms with Gasteiger partial charge in [-0.25, -0.2) is 4.98 Å². The Hall–Kier alpha value is -1.62. The van der Waals surface area contributed by atoms with Crippen LogP contribution < -0.4 is 16.0 Å². The molecule has 0 atom stereocenters. The molecule has 0 unspecified atom stereocenters. The predicted octanol–water partition coefficient (Wildman–Crippen LogP) is 0.255. The first kappa shape index (κ1) is 11.9. The van der Waals surface area contributed by atoms with Crippen LogP contribution in [0.15, 0.2) is 18.3 Å². The van der Waals surface area contributed by atoms with Crippen molar-refractivity contribution in [3.05, 3.63) is 23.9 Å². The smallest absolute Gasteiger partial charge is 0.240 e. The zero-order valence-electron chi connectivity index (χ0n) is 10.2.